The van der Waals surface area contributed by atoms with E-state index in [1.807, 2.05) is 10.8 Å². The van der Waals surface area contributed by atoms with E-state index in [9.17, 15) is 10.1 Å². The molecule has 0 spiro atoms. The fourth-order valence-corrected chi connectivity index (χ4v) is 1.58. The number of nitrogens with one attached hydrogen (secondary N) is 1. The third kappa shape index (κ3) is 2.95. The Bertz CT molecular complexity index is 543. The fraction of sp³-hybridized carbons (Fsp3) is 0.200. The molecule has 0 aliphatic rings. The van der Waals surface area contributed by atoms with Gasteiger partial charge in [0.25, 0.3) is 0 Å². The molecule has 0 atom stereocenters. The molecule has 0 bridgehead atoms. The largest absolute Gasteiger partial charge is 0.363 e. The Morgan fingerprint density at radius 1 is 1.56 bits per heavy atom. The number of nitro groups is 1. The summed E-state index contributed by atoms with van der Waals surface area (Å²) in [4.78, 5) is 18.1. The number of halogens is 1. The third-order valence-corrected chi connectivity index (χ3v) is 2.46. The summed E-state index contributed by atoms with van der Waals surface area (Å²) >= 11 is 5.67. The number of hydrogen-bond acceptors (Lipinski definition) is 5. The monoisotopic (exact) mass is 267 g/mol. The van der Waals surface area contributed by atoms with Gasteiger partial charge >= 0.3 is 5.69 Å². The van der Waals surface area contributed by atoms with E-state index in [2.05, 4.69) is 15.3 Å². The molecule has 2 aromatic heterocycles. The highest BCUT2D eigenvalue weighted by Crippen LogP contribution is 2.24. The lowest BCUT2D eigenvalue weighted by atomic mass is 10.4. The van der Waals surface area contributed by atoms with E-state index in [1.54, 1.807) is 12.5 Å². The lowest BCUT2D eigenvalue weighted by Gasteiger charge is -2.06. The number of hydrogen-bond donors (Lipinski definition) is 1. The zero-order valence-corrected chi connectivity index (χ0v) is 10.0. The molecule has 94 valence electrons. The van der Waals surface area contributed by atoms with Crippen molar-refractivity contribution in [2.45, 2.75) is 6.54 Å². The van der Waals surface area contributed by atoms with Crippen molar-refractivity contribution in [2.75, 3.05) is 11.9 Å². The summed E-state index contributed by atoms with van der Waals surface area (Å²) in [6, 6.07) is 1.27. The van der Waals surface area contributed by atoms with Gasteiger partial charge in [0, 0.05) is 37.7 Å². The zero-order valence-electron chi connectivity index (χ0n) is 9.28. The van der Waals surface area contributed by atoms with Gasteiger partial charge in [-0.25, -0.2) is 9.97 Å². The van der Waals surface area contributed by atoms with Gasteiger partial charge < -0.3 is 9.88 Å². The topological polar surface area (TPSA) is 85.9 Å². The summed E-state index contributed by atoms with van der Waals surface area (Å²) in [7, 11) is 0. The van der Waals surface area contributed by atoms with Crippen LogP contribution in [-0.4, -0.2) is 26.0 Å². The van der Waals surface area contributed by atoms with Crippen LogP contribution < -0.4 is 5.32 Å². The van der Waals surface area contributed by atoms with E-state index < -0.39 is 4.92 Å². The predicted molar refractivity (Wildman–Crippen MR) is 66.6 cm³/mol. The Kier molecular flexibility index (Phi) is 3.73. The average Bonchev–Trinajstić information content (AvgIpc) is 2.84. The van der Waals surface area contributed by atoms with Crippen LogP contribution in [0.2, 0.25) is 5.02 Å². The first-order chi connectivity index (χ1) is 8.66. The maximum Gasteiger partial charge on any atom is 0.312 e. The minimum absolute atomic E-state index is 0.131. The molecule has 1 N–H and O–H groups in total. The van der Waals surface area contributed by atoms with E-state index in [4.69, 9.17) is 11.6 Å². The first-order valence-electron chi connectivity index (χ1n) is 5.16. The van der Waals surface area contributed by atoms with Gasteiger partial charge in [-0.3, -0.25) is 10.1 Å². The van der Waals surface area contributed by atoms with Gasteiger partial charge in [-0.1, -0.05) is 11.6 Å². The van der Waals surface area contributed by atoms with Crippen molar-refractivity contribution in [3.05, 3.63) is 46.1 Å². The molecule has 0 aliphatic carbocycles. The molecule has 7 nitrogen and oxygen atoms in total. The van der Waals surface area contributed by atoms with Crippen LogP contribution in [-0.2, 0) is 6.54 Å². The lowest BCUT2D eigenvalue weighted by molar-refractivity contribution is -0.384. The second-order valence-electron chi connectivity index (χ2n) is 3.51. The van der Waals surface area contributed by atoms with E-state index in [0.717, 1.165) is 0 Å². The van der Waals surface area contributed by atoms with Gasteiger partial charge in [0.1, 0.15) is 0 Å². The molecule has 0 saturated heterocycles. The molecule has 0 saturated carbocycles. The van der Waals surface area contributed by atoms with Crippen molar-refractivity contribution in [2.24, 2.45) is 0 Å². The highest BCUT2D eigenvalue weighted by Gasteiger charge is 2.15. The van der Waals surface area contributed by atoms with E-state index in [1.165, 1.54) is 12.3 Å². The molecule has 2 aromatic rings. The van der Waals surface area contributed by atoms with Crippen molar-refractivity contribution >= 4 is 23.1 Å². The normalized spacial score (nSPS) is 10.3. The second kappa shape index (κ2) is 5.46. The van der Waals surface area contributed by atoms with E-state index in [0.29, 0.717) is 13.1 Å². The first-order valence-corrected chi connectivity index (χ1v) is 5.54. The van der Waals surface area contributed by atoms with Crippen molar-refractivity contribution in [1.82, 2.24) is 14.5 Å². The predicted octanol–water partition coefficient (Wildman–Crippen LogP) is 1.95. The van der Waals surface area contributed by atoms with Crippen LogP contribution in [0.4, 0.5) is 11.5 Å². The molecule has 0 aliphatic heterocycles. The summed E-state index contributed by atoms with van der Waals surface area (Å²) in [5.41, 5.74) is -0.131. The summed E-state index contributed by atoms with van der Waals surface area (Å²) in [5.74, 6) is 0.213. The molecule has 2 heterocycles. The number of aromatic nitrogens is 3. The fourth-order valence-electron chi connectivity index (χ4n) is 1.43. The third-order valence-electron chi connectivity index (χ3n) is 2.25. The quantitative estimate of drug-likeness (QED) is 0.661. The van der Waals surface area contributed by atoms with Crippen molar-refractivity contribution in [1.29, 1.82) is 0 Å². The van der Waals surface area contributed by atoms with Crippen LogP contribution in [0, 0.1) is 10.1 Å². The van der Waals surface area contributed by atoms with Gasteiger partial charge in [-0.2, -0.15) is 0 Å². The van der Waals surface area contributed by atoms with Crippen molar-refractivity contribution in [3.8, 4) is 0 Å². The Labute approximate surface area is 108 Å². The molecule has 8 heteroatoms. The zero-order chi connectivity index (χ0) is 13.0. The number of imidazole rings is 1. The summed E-state index contributed by atoms with van der Waals surface area (Å²) in [5, 5.41) is 14.0. The summed E-state index contributed by atoms with van der Waals surface area (Å²) in [6.07, 6.45) is 6.52. The molecular weight excluding hydrogens is 258 g/mol. The SMILES string of the molecule is O=[N+]([O-])c1cc(Cl)cnc1NCCn1ccnc1. The van der Waals surface area contributed by atoms with Gasteiger partial charge in [-0.05, 0) is 0 Å². The van der Waals surface area contributed by atoms with Gasteiger partial charge in [-0.15, -0.1) is 0 Å². The second-order valence-corrected chi connectivity index (χ2v) is 3.94. The minimum Gasteiger partial charge on any atom is -0.363 e. The molecule has 0 unspecified atom stereocenters. The molecule has 0 amide bonds. The molecule has 0 aromatic carbocycles. The van der Waals surface area contributed by atoms with Crippen molar-refractivity contribution in [3.63, 3.8) is 0 Å². The standard InChI is InChI=1S/C10H10ClN5O2/c11-8-5-9(16(17)18)10(14-6-8)13-2-4-15-3-1-12-7-15/h1,3,5-7H,2,4H2,(H,13,14). The maximum absolute atomic E-state index is 10.8. The minimum atomic E-state index is -0.515. The molecule has 0 fully saturated rings. The highest BCUT2D eigenvalue weighted by molar-refractivity contribution is 6.30. The Morgan fingerprint density at radius 3 is 3.06 bits per heavy atom. The molecular formula is C10H10ClN5O2. The van der Waals surface area contributed by atoms with Crippen molar-refractivity contribution < 1.29 is 4.92 Å². The average molecular weight is 268 g/mol. The van der Waals surface area contributed by atoms with Crippen LogP contribution in [0.15, 0.2) is 31.0 Å². The number of pyridine rings is 1. The van der Waals surface area contributed by atoms with Crippen LogP contribution in [0.3, 0.4) is 0 Å². The summed E-state index contributed by atoms with van der Waals surface area (Å²) < 4.78 is 1.86. The van der Waals surface area contributed by atoms with Gasteiger partial charge in [0.2, 0.25) is 5.82 Å². The van der Waals surface area contributed by atoms with Gasteiger partial charge in [0.15, 0.2) is 0 Å². The Balaban J connectivity index is 2.02. The number of anilines is 1. The Morgan fingerprint density at radius 2 is 2.39 bits per heavy atom. The van der Waals surface area contributed by atoms with Crippen LogP contribution in [0.1, 0.15) is 0 Å². The van der Waals surface area contributed by atoms with E-state index >= 15 is 0 Å². The number of nitrogens with zero attached hydrogens (tertiary/aromatic N) is 4. The van der Waals surface area contributed by atoms with E-state index in [-0.39, 0.29) is 16.5 Å². The maximum atomic E-state index is 10.8. The van der Waals surface area contributed by atoms with Gasteiger partial charge in [0.05, 0.1) is 16.3 Å². The molecule has 0 radical (unpaired) electrons. The first kappa shape index (κ1) is 12.3. The van der Waals surface area contributed by atoms with Crippen LogP contribution in [0.5, 0.6) is 0 Å². The lowest BCUT2D eigenvalue weighted by Crippen LogP contribution is -2.11. The Hall–Kier alpha value is -2.15. The number of rotatable bonds is 5. The highest BCUT2D eigenvalue weighted by atomic mass is 35.5. The van der Waals surface area contributed by atoms with Crippen LogP contribution >= 0.6 is 11.6 Å². The van der Waals surface area contributed by atoms with Crippen LogP contribution in [0.25, 0.3) is 0 Å². The summed E-state index contributed by atoms with van der Waals surface area (Å²) in [6.45, 7) is 1.15. The molecule has 2 rings (SSSR count). The smallest absolute Gasteiger partial charge is 0.312 e. The molecule has 18 heavy (non-hydrogen) atoms.